The van der Waals surface area contributed by atoms with Crippen molar-refractivity contribution < 1.29 is 4.79 Å². The molecule has 3 heterocycles. The van der Waals surface area contributed by atoms with E-state index in [9.17, 15) is 4.79 Å². The van der Waals surface area contributed by atoms with Gasteiger partial charge < -0.3 is 9.80 Å². The molecule has 0 unspecified atom stereocenters. The highest BCUT2D eigenvalue weighted by Gasteiger charge is 2.31. The van der Waals surface area contributed by atoms with Gasteiger partial charge in [0, 0.05) is 48.5 Å². The van der Waals surface area contributed by atoms with E-state index in [4.69, 9.17) is 0 Å². The quantitative estimate of drug-likeness (QED) is 0.605. The first kappa shape index (κ1) is 19.1. The first-order valence-corrected chi connectivity index (χ1v) is 11.1. The molecule has 0 N–H and O–H groups in total. The van der Waals surface area contributed by atoms with Crippen LogP contribution in [0.1, 0.15) is 36.0 Å². The van der Waals surface area contributed by atoms with Crippen molar-refractivity contribution in [3.8, 4) is 0 Å². The van der Waals surface area contributed by atoms with Gasteiger partial charge in [0.25, 0.3) is 0 Å². The maximum Gasteiger partial charge on any atom is 0.230 e. The third-order valence-corrected chi connectivity index (χ3v) is 6.68. The van der Waals surface area contributed by atoms with Crippen molar-refractivity contribution in [1.82, 2.24) is 4.98 Å². The van der Waals surface area contributed by atoms with E-state index < -0.39 is 0 Å². The summed E-state index contributed by atoms with van der Waals surface area (Å²) in [5.74, 6) is 0.429. The van der Waals surface area contributed by atoms with Crippen molar-refractivity contribution >= 4 is 28.2 Å². The molecular weight excluding hydrogens is 370 g/mol. The molecule has 3 aromatic rings. The van der Waals surface area contributed by atoms with Crippen molar-refractivity contribution in [2.24, 2.45) is 5.92 Å². The second-order valence-electron chi connectivity index (χ2n) is 8.84. The van der Waals surface area contributed by atoms with E-state index in [1.165, 1.54) is 27.8 Å². The zero-order valence-electron chi connectivity index (χ0n) is 17.9. The minimum absolute atomic E-state index is 0.114. The maximum absolute atomic E-state index is 13.4. The molecular formula is C26H29N3O. The number of hydrogen-bond donors (Lipinski definition) is 0. The Balaban J connectivity index is 1.33. The lowest BCUT2D eigenvalue weighted by Crippen LogP contribution is -2.44. The Hall–Kier alpha value is -2.88. The van der Waals surface area contributed by atoms with Crippen molar-refractivity contribution in [3.05, 3.63) is 65.4 Å². The number of fused-ring (bicyclic) bond motifs is 2. The van der Waals surface area contributed by atoms with Crippen LogP contribution in [0.25, 0.3) is 10.9 Å². The molecule has 0 saturated carbocycles. The number of pyridine rings is 1. The zero-order valence-corrected chi connectivity index (χ0v) is 17.9. The highest BCUT2D eigenvalue weighted by Crippen LogP contribution is 2.33. The number of benzene rings is 2. The van der Waals surface area contributed by atoms with E-state index in [1.54, 1.807) is 0 Å². The summed E-state index contributed by atoms with van der Waals surface area (Å²) in [7, 11) is 0. The van der Waals surface area contributed by atoms with Crippen LogP contribution in [0.2, 0.25) is 0 Å². The summed E-state index contributed by atoms with van der Waals surface area (Å²) in [4.78, 5) is 22.4. The van der Waals surface area contributed by atoms with Crippen molar-refractivity contribution in [2.75, 3.05) is 29.4 Å². The maximum atomic E-state index is 13.4. The van der Waals surface area contributed by atoms with E-state index in [-0.39, 0.29) is 5.92 Å². The summed E-state index contributed by atoms with van der Waals surface area (Å²) < 4.78 is 0. The number of aromatic nitrogens is 1. The van der Waals surface area contributed by atoms with Crippen LogP contribution in [0.15, 0.2) is 48.7 Å². The van der Waals surface area contributed by atoms with Crippen molar-refractivity contribution in [1.29, 1.82) is 0 Å². The molecule has 30 heavy (non-hydrogen) atoms. The molecule has 1 fully saturated rings. The Morgan fingerprint density at radius 1 is 0.933 bits per heavy atom. The Labute approximate surface area is 178 Å². The van der Waals surface area contributed by atoms with Crippen LogP contribution in [0.3, 0.4) is 0 Å². The number of nitrogens with zero attached hydrogens (tertiary/aromatic N) is 3. The van der Waals surface area contributed by atoms with Crippen molar-refractivity contribution in [3.63, 3.8) is 0 Å². The van der Waals surface area contributed by atoms with Crippen LogP contribution in [0.5, 0.6) is 0 Å². The normalized spacial score (nSPS) is 17.3. The molecule has 0 radical (unpaired) electrons. The van der Waals surface area contributed by atoms with Gasteiger partial charge in [0.05, 0.1) is 5.52 Å². The highest BCUT2D eigenvalue weighted by atomic mass is 16.2. The lowest BCUT2D eigenvalue weighted by atomic mass is 9.92. The number of carbonyl (C=O) groups is 1. The first-order valence-electron chi connectivity index (χ1n) is 11.1. The number of hydrogen-bond acceptors (Lipinski definition) is 3. The molecule has 0 atom stereocenters. The highest BCUT2D eigenvalue weighted by molar-refractivity contribution is 5.97. The molecule has 5 rings (SSSR count). The lowest BCUT2D eigenvalue weighted by molar-refractivity contribution is -0.123. The summed E-state index contributed by atoms with van der Waals surface area (Å²) in [6.07, 6.45) is 5.85. The van der Waals surface area contributed by atoms with Gasteiger partial charge in [0.1, 0.15) is 0 Å². The Morgan fingerprint density at radius 2 is 1.70 bits per heavy atom. The lowest BCUT2D eigenvalue weighted by Gasteiger charge is -2.37. The average molecular weight is 400 g/mol. The molecule has 0 aliphatic carbocycles. The van der Waals surface area contributed by atoms with Gasteiger partial charge in [-0.25, -0.2) is 0 Å². The molecule has 2 aliphatic heterocycles. The Morgan fingerprint density at radius 3 is 2.53 bits per heavy atom. The van der Waals surface area contributed by atoms with Gasteiger partial charge >= 0.3 is 0 Å². The van der Waals surface area contributed by atoms with E-state index in [2.05, 4.69) is 71.1 Å². The molecule has 4 nitrogen and oxygen atoms in total. The van der Waals surface area contributed by atoms with Crippen LogP contribution >= 0.6 is 0 Å². The molecule has 0 spiro atoms. The minimum Gasteiger partial charge on any atom is -0.371 e. The van der Waals surface area contributed by atoms with Crippen LogP contribution in [0, 0.1) is 19.8 Å². The summed E-state index contributed by atoms with van der Waals surface area (Å²) in [5.41, 5.74) is 7.27. The predicted octanol–water partition coefficient (Wildman–Crippen LogP) is 5.05. The fourth-order valence-corrected chi connectivity index (χ4v) is 5.06. The van der Waals surface area contributed by atoms with E-state index >= 15 is 0 Å². The topological polar surface area (TPSA) is 36.4 Å². The SMILES string of the molecule is Cc1ccc2c(c1)CCCN2C(=O)C1CCN(c2ccnc3ccc(C)cc23)CC1. The summed E-state index contributed by atoms with van der Waals surface area (Å²) >= 11 is 0. The summed E-state index contributed by atoms with van der Waals surface area (Å²) in [5, 5.41) is 1.21. The van der Waals surface area contributed by atoms with Gasteiger partial charge in [0.15, 0.2) is 0 Å². The number of rotatable bonds is 2. The predicted molar refractivity (Wildman–Crippen MR) is 123 cm³/mol. The van der Waals surface area contributed by atoms with Gasteiger partial charge in [-0.05, 0) is 69.4 Å². The molecule has 2 aliphatic rings. The molecule has 1 aromatic heterocycles. The van der Waals surface area contributed by atoms with E-state index in [0.29, 0.717) is 5.91 Å². The third kappa shape index (κ3) is 3.45. The largest absolute Gasteiger partial charge is 0.371 e. The standard InChI is InChI=1S/C26H29N3O/c1-18-6-8-24-21(16-18)4-3-13-29(24)26(30)20-10-14-28(15-11-20)25-9-12-27-23-7-5-19(2)17-22(23)25/h5-9,12,16-17,20H,3-4,10-11,13-15H2,1-2H3. The molecule has 4 heteroatoms. The molecule has 2 aromatic carbocycles. The van der Waals surface area contributed by atoms with Gasteiger partial charge in [-0.2, -0.15) is 0 Å². The fourth-order valence-electron chi connectivity index (χ4n) is 5.06. The van der Waals surface area contributed by atoms with Crippen LogP contribution in [-0.4, -0.2) is 30.5 Å². The molecule has 1 amide bonds. The smallest absolute Gasteiger partial charge is 0.230 e. The van der Waals surface area contributed by atoms with E-state index in [0.717, 1.165) is 56.5 Å². The first-order chi connectivity index (χ1) is 14.6. The molecule has 1 saturated heterocycles. The van der Waals surface area contributed by atoms with Crippen LogP contribution < -0.4 is 9.80 Å². The van der Waals surface area contributed by atoms with Gasteiger partial charge in [-0.1, -0.05) is 29.3 Å². The Bertz CT molecular complexity index is 1100. The molecule has 0 bridgehead atoms. The van der Waals surface area contributed by atoms with Crippen LogP contribution in [-0.2, 0) is 11.2 Å². The monoisotopic (exact) mass is 399 g/mol. The molecule has 154 valence electrons. The van der Waals surface area contributed by atoms with E-state index in [1.807, 2.05) is 6.20 Å². The van der Waals surface area contributed by atoms with Crippen molar-refractivity contribution in [2.45, 2.75) is 39.5 Å². The van der Waals surface area contributed by atoms with Crippen LogP contribution in [0.4, 0.5) is 11.4 Å². The number of piperidine rings is 1. The average Bonchev–Trinajstić information content (AvgIpc) is 2.77. The van der Waals surface area contributed by atoms with Gasteiger partial charge in [-0.3, -0.25) is 9.78 Å². The fraction of sp³-hybridized carbons (Fsp3) is 0.385. The number of carbonyl (C=O) groups excluding carboxylic acids is 1. The minimum atomic E-state index is 0.114. The second-order valence-corrected chi connectivity index (χ2v) is 8.84. The number of anilines is 2. The van der Waals surface area contributed by atoms with Gasteiger partial charge in [-0.15, -0.1) is 0 Å². The third-order valence-electron chi connectivity index (χ3n) is 6.68. The Kier molecular flexibility index (Phi) is 4.93. The zero-order chi connectivity index (χ0) is 20.7. The number of aryl methyl sites for hydroxylation is 3. The second kappa shape index (κ2) is 7.75. The van der Waals surface area contributed by atoms with Gasteiger partial charge in [0.2, 0.25) is 5.91 Å². The summed E-state index contributed by atoms with van der Waals surface area (Å²) in [6.45, 7) is 6.93. The number of amides is 1. The summed E-state index contributed by atoms with van der Waals surface area (Å²) in [6, 6.07) is 15.1.